The van der Waals surface area contributed by atoms with Crippen molar-refractivity contribution in [2.24, 2.45) is 4.99 Å². The van der Waals surface area contributed by atoms with E-state index in [0.717, 1.165) is 30.2 Å². The van der Waals surface area contributed by atoms with Crippen molar-refractivity contribution >= 4 is 22.8 Å². The molecule has 0 atom stereocenters. The van der Waals surface area contributed by atoms with Crippen LogP contribution in [0.5, 0.6) is 0 Å². The zero-order valence-electron chi connectivity index (χ0n) is 10.6. The molecule has 1 amide bonds. The molecule has 1 saturated carbocycles. The zero-order valence-corrected chi connectivity index (χ0v) is 11.4. The number of carbonyl (C=O) groups is 1. The van der Waals surface area contributed by atoms with Gasteiger partial charge < -0.3 is 10.6 Å². The lowest BCUT2D eigenvalue weighted by Crippen LogP contribution is -2.46. The van der Waals surface area contributed by atoms with E-state index in [1.54, 1.807) is 11.8 Å². The summed E-state index contributed by atoms with van der Waals surface area (Å²) < 4.78 is 0. The van der Waals surface area contributed by atoms with E-state index in [1.165, 1.54) is 0 Å². The molecular formula is C12H21N3OS. The van der Waals surface area contributed by atoms with Crippen LogP contribution in [-0.2, 0) is 4.79 Å². The topological polar surface area (TPSA) is 53.5 Å². The number of amides is 1. The molecule has 1 aliphatic heterocycles. The second-order valence-electron chi connectivity index (χ2n) is 5.39. The second kappa shape index (κ2) is 5.29. The molecule has 5 heteroatoms. The van der Waals surface area contributed by atoms with Gasteiger partial charge in [-0.1, -0.05) is 11.8 Å². The number of hydrogen-bond donors (Lipinski definition) is 2. The molecule has 0 aromatic carbocycles. The van der Waals surface area contributed by atoms with Gasteiger partial charge in [-0.25, -0.2) is 0 Å². The highest BCUT2D eigenvalue weighted by Crippen LogP contribution is 2.21. The van der Waals surface area contributed by atoms with Gasteiger partial charge in [0.15, 0.2) is 5.17 Å². The summed E-state index contributed by atoms with van der Waals surface area (Å²) in [6, 6.07) is 0.455. The maximum atomic E-state index is 11.5. The van der Waals surface area contributed by atoms with Gasteiger partial charge in [-0.05, 0) is 33.1 Å². The van der Waals surface area contributed by atoms with Crippen molar-refractivity contribution in [1.29, 1.82) is 0 Å². The predicted molar refractivity (Wildman–Crippen MR) is 72.4 cm³/mol. The SMILES string of the molecule is CC1(C)CCSC(=NCCC(=O)NC2CC2)N1. The first-order valence-electron chi connectivity index (χ1n) is 6.30. The Bertz CT molecular complexity index is 324. The monoisotopic (exact) mass is 255 g/mol. The van der Waals surface area contributed by atoms with Crippen molar-refractivity contribution in [2.45, 2.75) is 51.1 Å². The first-order valence-corrected chi connectivity index (χ1v) is 7.28. The highest BCUT2D eigenvalue weighted by atomic mass is 32.2. The molecule has 1 aliphatic carbocycles. The summed E-state index contributed by atoms with van der Waals surface area (Å²) in [5.41, 5.74) is 0.139. The summed E-state index contributed by atoms with van der Waals surface area (Å²) in [7, 11) is 0. The summed E-state index contributed by atoms with van der Waals surface area (Å²) in [6.07, 6.45) is 3.94. The third kappa shape index (κ3) is 4.58. The Morgan fingerprint density at radius 2 is 2.35 bits per heavy atom. The Morgan fingerprint density at radius 1 is 1.59 bits per heavy atom. The number of aliphatic imine (C=N–C) groups is 1. The van der Waals surface area contributed by atoms with Gasteiger partial charge in [0.05, 0.1) is 6.54 Å². The van der Waals surface area contributed by atoms with Crippen molar-refractivity contribution in [1.82, 2.24) is 10.6 Å². The minimum absolute atomic E-state index is 0.136. The minimum Gasteiger partial charge on any atom is -0.360 e. The number of rotatable bonds is 4. The van der Waals surface area contributed by atoms with Crippen LogP contribution in [-0.4, -0.2) is 35.0 Å². The van der Waals surface area contributed by atoms with E-state index in [2.05, 4.69) is 29.5 Å². The van der Waals surface area contributed by atoms with Gasteiger partial charge in [0.25, 0.3) is 0 Å². The van der Waals surface area contributed by atoms with Gasteiger partial charge in [-0.3, -0.25) is 9.79 Å². The lowest BCUT2D eigenvalue weighted by molar-refractivity contribution is -0.121. The first-order chi connectivity index (χ1) is 8.05. The van der Waals surface area contributed by atoms with Crippen molar-refractivity contribution in [2.75, 3.05) is 12.3 Å². The lowest BCUT2D eigenvalue weighted by Gasteiger charge is -2.32. The third-order valence-corrected chi connectivity index (χ3v) is 3.86. The molecule has 1 saturated heterocycles. The molecule has 2 rings (SSSR count). The molecule has 4 nitrogen and oxygen atoms in total. The number of nitrogens with zero attached hydrogens (tertiary/aromatic N) is 1. The highest BCUT2D eigenvalue weighted by molar-refractivity contribution is 8.13. The van der Waals surface area contributed by atoms with Crippen molar-refractivity contribution in [3.8, 4) is 0 Å². The molecule has 0 aromatic rings. The standard InChI is InChI=1S/C12H21N3OS/c1-12(2)6-8-17-11(15-12)13-7-5-10(16)14-9-3-4-9/h9H,3-8H2,1-2H3,(H,13,15)(H,14,16). The maximum absolute atomic E-state index is 11.5. The van der Waals surface area contributed by atoms with Crippen LogP contribution in [0, 0.1) is 0 Å². The van der Waals surface area contributed by atoms with Crippen LogP contribution in [0.4, 0.5) is 0 Å². The van der Waals surface area contributed by atoms with E-state index >= 15 is 0 Å². The average molecular weight is 255 g/mol. The summed E-state index contributed by atoms with van der Waals surface area (Å²) in [5.74, 6) is 1.24. The van der Waals surface area contributed by atoms with Gasteiger partial charge in [0, 0.05) is 23.8 Å². The Kier molecular flexibility index (Phi) is 3.97. The van der Waals surface area contributed by atoms with Gasteiger partial charge in [0.1, 0.15) is 0 Å². The van der Waals surface area contributed by atoms with Crippen molar-refractivity contribution in [3.05, 3.63) is 0 Å². The molecule has 17 heavy (non-hydrogen) atoms. The summed E-state index contributed by atoms with van der Waals surface area (Å²) in [5, 5.41) is 7.36. The largest absolute Gasteiger partial charge is 0.360 e. The Morgan fingerprint density at radius 3 is 3.00 bits per heavy atom. The number of amidine groups is 1. The molecule has 1 heterocycles. The van der Waals surface area contributed by atoms with Crippen molar-refractivity contribution in [3.63, 3.8) is 0 Å². The second-order valence-corrected chi connectivity index (χ2v) is 6.47. The maximum Gasteiger partial charge on any atom is 0.222 e. The molecule has 0 unspecified atom stereocenters. The van der Waals surface area contributed by atoms with Gasteiger partial charge in [-0.15, -0.1) is 0 Å². The van der Waals surface area contributed by atoms with Gasteiger partial charge in [0.2, 0.25) is 5.91 Å². The fourth-order valence-corrected chi connectivity index (χ4v) is 3.00. The van der Waals surface area contributed by atoms with E-state index in [0.29, 0.717) is 19.0 Å². The number of thioether (sulfide) groups is 1. The van der Waals surface area contributed by atoms with Crippen molar-refractivity contribution < 1.29 is 4.79 Å². The van der Waals surface area contributed by atoms with E-state index in [1.807, 2.05) is 0 Å². The molecule has 0 aromatic heterocycles. The first kappa shape index (κ1) is 12.7. The number of nitrogens with one attached hydrogen (secondary N) is 2. The normalized spacial score (nSPS) is 25.4. The highest BCUT2D eigenvalue weighted by Gasteiger charge is 2.24. The Labute approximate surface area is 107 Å². The minimum atomic E-state index is 0.136. The van der Waals surface area contributed by atoms with E-state index < -0.39 is 0 Å². The molecule has 2 aliphatic rings. The lowest BCUT2D eigenvalue weighted by atomic mass is 10.0. The Hall–Kier alpha value is -0.710. The quantitative estimate of drug-likeness (QED) is 0.801. The van der Waals surface area contributed by atoms with Gasteiger partial charge >= 0.3 is 0 Å². The summed E-state index contributed by atoms with van der Waals surface area (Å²) in [4.78, 5) is 15.9. The molecule has 0 bridgehead atoms. The van der Waals surface area contributed by atoms with E-state index in [4.69, 9.17) is 0 Å². The zero-order chi connectivity index (χ0) is 12.3. The van der Waals surface area contributed by atoms with Crippen LogP contribution < -0.4 is 10.6 Å². The number of hydrogen-bond acceptors (Lipinski definition) is 3. The summed E-state index contributed by atoms with van der Waals surface area (Å²) in [6.45, 7) is 4.95. The summed E-state index contributed by atoms with van der Waals surface area (Å²) >= 11 is 1.75. The van der Waals surface area contributed by atoms with E-state index in [9.17, 15) is 4.79 Å². The average Bonchev–Trinajstić information content (AvgIpc) is 3.00. The van der Waals surface area contributed by atoms with Gasteiger partial charge in [-0.2, -0.15) is 0 Å². The molecule has 0 spiro atoms. The molecule has 2 fully saturated rings. The number of carbonyl (C=O) groups excluding carboxylic acids is 1. The third-order valence-electron chi connectivity index (χ3n) is 2.95. The fraction of sp³-hybridized carbons (Fsp3) is 0.833. The molecule has 96 valence electrons. The van der Waals surface area contributed by atoms with Crippen LogP contribution in [0.3, 0.4) is 0 Å². The van der Waals surface area contributed by atoms with Crippen LogP contribution in [0.2, 0.25) is 0 Å². The van der Waals surface area contributed by atoms with Crippen LogP contribution in [0.25, 0.3) is 0 Å². The van der Waals surface area contributed by atoms with Crippen LogP contribution in [0.15, 0.2) is 4.99 Å². The predicted octanol–water partition coefficient (Wildman–Crippen LogP) is 1.52. The smallest absolute Gasteiger partial charge is 0.222 e. The fourth-order valence-electron chi connectivity index (χ4n) is 1.66. The molecule has 2 N–H and O–H groups in total. The molecule has 0 radical (unpaired) electrons. The van der Waals surface area contributed by atoms with Crippen LogP contribution >= 0.6 is 11.8 Å². The Balaban J connectivity index is 1.70. The van der Waals surface area contributed by atoms with E-state index in [-0.39, 0.29) is 11.4 Å². The molecular weight excluding hydrogens is 234 g/mol. The van der Waals surface area contributed by atoms with Crippen LogP contribution in [0.1, 0.15) is 39.5 Å².